The summed E-state index contributed by atoms with van der Waals surface area (Å²) in [6, 6.07) is 16.2. The fourth-order valence-electron chi connectivity index (χ4n) is 3.80. The molecule has 0 atom stereocenters. The third-order valence-electron chi connectivity index (χ3n) is 5.41. The molecule has 0 aliphatic heterocycles. The first-order valence-electron chi connectivity index (χ1n) is 10.5. The van der Waals surface area contributed by atoms with Crippen molar-refractivity contribution >= 4 is 40.7 Å². The minimum atomic E-state index is -0.00839. The van der Waals surface area contributed by atoms with Crippen LogP contribution in [0.2, 0.25) is 0 Å². The first-order valence-corrected chi connectivity index (χ1v) is 12.1. The van der Waals surface area contributed by atoms with Gasteiger partial charge in [0, 0.05) is 18.0 Å². The van der Waals surface area contributed by atoms with Gasteiger partial charge in [-0.1, -0.05) is 37.6 Å². The zero-order chi connectivity index (χ0) is 22.0. The van der Waals surface area contributed by atoms with Crippen molar-refractivity contribution in [2.45, 2.75) is 44.4 Å². The summed E-state index contributed by atoms with van der Waals surface area (Å²) >= 11 is 7.54. The molecule has 6 nitrogen and oxygen atoms in total. The molecule has 0 saturated carbocycles. The van der Waals surface area contributed by atoms with E-state index < -0.39 is 0 Å². The average molecular weight is 454 g/mol. The standard InChI is InChI=1S/C23H27N5OS2/c1-4-5-14-26-21(29)19-8-6-7-9-20(19)28-22(26)24-27(23(28)30)16-25(2)15-17-10-12-18(31-3)13-11-17/h6-13H,4-5,14-16H2,1-3H3. The Balaban J connectivity index is 1.73. The van der Waals surface area contributed by atoms with Crippen LogP contribution >= 0.6 is 24.0 Å². The van der Waals surface area contributed by atoms with Crippen molar-refractivity contribution < 1.29 is 0 Å². The highest BCUT2D eigenvalue weighted by atomic mass is 32.2. The van der Waals surface area contributed by atoms with E-state index in [0.717, 1.165) is 24.9 Å². The predicted octanol–water partition coefficient (Wildman–Crippen LogP) is 4.79. The van der Waals surface area contributed by atoms with Crippen molar-refractivity contribution in [3.8, 4) is 0 Å². The van der Waals surface area contributed by atoms with Gasteiger partial charge in [0.05, 0.1) is 17.6 Å². The van der Waals surface area contributed by atoms with Gasteiger partial charge in [-0.05, 0) is 61.8 Å². The summed E-state index contributed by atoms with van der Waals surface area (Å²) in [5, 5.41) is 5.45. The molecule has 0 unspecified atom stereocenters. The highest BCUT2D eigenvalue weighted by Crippen LogP contribution is 2.17. The van der Waals surface area contributed by atoms with Gasteiger partial charge in [-0.25, -0.2) is 4.68 Å². The molecular formula is C23H27N5OS2. The van der Waals surface area contributed by atoms with Gasteiger partial charge >= 0.3 is 0 Å². The minimum absolute atomic E-state index is 0.00839. The number of aromatic nitrogens is 4. The lowest BCUT2D eigenvalue weighted by molar-refractivity contribution is 0.244. The van der Waals surface area contributed by atoms with Crippen LogP contribution < -0.4 is 5.56 Å². The Hall–Kier alpha value is -2.42. The Bertz CT molecular complexity index is 1320. The van der Waals surface area contributed by atoms with Gasteiger partial charge in [-0.3, -0.25) is 18.7 Å². The second-order valence-corrected chi connectivity index (χ2v) is 8.99. The maximum absolute atomic E-state index is 13.1. The van der Waals surface area contributed by atoms with E-state index in [1.165, 1.54) is 10.5 Å². The Kier molecular flexibility index (Phi) is 6.60. The molecule has 0 aliphatic rings. The van der Waals surface area contributed by atoms with E-state index in [2.05, 4.69) is 49.4 Å². The molecule has 8 heteroatoms. The van der Waals surface area contributed by atoms with E-state index in [0.29, 0.717) is 29.1 Å². The lowest BCUT2D eigenvalue weighted by Crippen LogP contribution is -2.23. The van der Waals surface area contributed by atoms with Crippen molar-refractivity contribution in [2.24, 2.45) is 0 Å². The predicted molar refractivity (Wildman–Crippen MR) is 130 cm³/mol. The van der Waals surface area contributed by atoms with Crippen LogP contribution in [0.3, 0.4) is 0 Å². The fourth-order valence-corrected chi connectivity index (χ4v) is 4.49. The number of benzene rings is 2. The Morgan fingerprint density at radius 1 is 1.13 bits per heavy atom. The number of rotatable bonds is 8. The summed E-state index contributed by atoms with van der Waals surface area (Å²) in [5.74, 6) is 0.611. The molecule has 0 spiro atoms. The van der Waals surface area contributed by atoms with Gasteiger partial charge in [-0.2, -0.15) is 0 Å². The third-order valence-corrected chi connectivity index (χ3v) is 6.54. The molecule has 2 heterocycles. The topological polar surface area (TPSA) is 47.5 Å². The number of fused-ring (bicyclic) bond motifs is 3. The highest BCUT2D eigenvalue weighted by molar-refractivity contribution is 7.98. The van der Waals surface area contributed by atoms with Gasteiger partial charge in [0.15, 0.2) is 0 Å². The lowest BCUT2D eigenvalue weighted by Gasteiger charge is -2.16. The van der Waals surface area contributed by atoms with Crippen LogP contribution in [-0.4, -0.2) is 37.0 Å². The molecule has 0 aliphatic carbocycles. The zero-order valence-corrected chi connectivity index (χ0v) is 19.7. The van der Waals surface area contributed by atoms with Gasteiger partial charge in [0.2, 0.25) is 10.5 Å². The van der Waals surface area contributed by atoms with Crippen LogP contribution in [0.15, 0.2) is 58.2 Å². The fraction of sp³-hybridized carbons (Fsp3) is 0.348. The summed E-state index contributed by atoms with van der Waals surface area (Å²) in [4.78, 5) is 16.6. The number of para-hydroxylation sites is 1. The number of aryl methyl sites for hydroxylation is 1. The Morgan fingerprint density at radius 2 is 1.87 bits per heavy atom. The molecular weight excluding hydrogens is 426 g/mol. The third kappa shape index (κ3) is 4.33. The van der Waals surface area contributed by atoms with Gasteiger partial charge in [0.25, 0.3) is 5.56 Å². The molecule has 4 rings (SSSR count). The monoisotopic (exact) mass is 453 g/mol. The van der Waals surface area contributed by atoms with Crippen molar-refractivity contribution in [1.82, 2.24) is 23.6 Å². The molecule has 0 fully saturated rings. The largest absolute Gasteiger partial charge is 0.283 e. The second kappa shape index (κ2) is 9.38. The van der Waals surface area contributed by atoms with Crippen molar-refractivity contribution in [1.29, 1.82) is 0 Å². The van der Waals surface area contributed by atoms with Crippen LogP contribution in [0.1, 0.15) is 25.3 Å². The summed E-state index contributed by atoms with van der Waals surface area (Å²) < 4.78 is 6.11. The van der Waals surface area contributed by atoms with E-state index in [9.17, 15) is 4.79 Å². The maximum atomic E-state index is 13.1. The van der Waals surface area contributed by atoms with Crippen LogP contribution in [0.25, 0.3) is 16.7 Å². The number of hydrogen-bond donors (Lipinski definition) is 0. The number of thioether (sulfide) groups is 1. The van der Waals surface area contributed by atoms with E-state index in [1.54, 1.807) is 16.3 Å². The van der Waals surface area contributed by atoms with Gasteiger partial charge in [-0.15, -0.1) is 16.9 Å². The molecule has 4 aromatic rings. The Labute approximate surface area is 191 Å². The molecule has 0 radical (unpaired) electrons. The molecule has 0 amide bonds. The molecule has 2 aromatic heterocycles. The SMILES string of the molecule is CCCCn1c(=O)c2ccccc2n2c(=S)n(CN(C)Cc3ccc(SC)cc3)nc12. The maximum Gasteiger partial charge on any atom is 0.262 e. The summed E-state index contributed by atoms with van der Waals surface area (Å²) in [6.45, 7) is 4.08. The Morgan fingerprint density at radius 3 is 2.58 bits per heavy atom. The van der Waals surface area contributed by atoms with E-state index in [1.807, 2.05) is 33.3 Å². The average Bonchev–Trinajstić information content (AvgIpc) is 3.10. The molecule has 0 bridgehead atoms. The van der Waals surface area contributed by atoms with E-state index in [4.69, 9.17) is 17.3 Å². The van der Waals surface area contributed by atoms with Crippen LogP contribution in [0.4, 0.5) is 0 Å². The smallest absolute Gasteiger partial charge is 0.262 e. The number of hydrogen-bond acceptors (Lipinski definition) is 5. The van der Waals surface area contributed by atoms with Crippen LogP contribution in [-0.2, 0) is 19.8 Å². The lowest BCUT2D eigenvalue weighted by atomic mass is 10.2. The summed E-state index contributed by atoms with van der Waals surface area (Å²) in [6.07, 6.45) is 4.00. The van der Waals surface area contributed by atoms with Gasteiger partial charge < -0.3 is 0 Å². The van der Waals surface area contributed by atoms with Crippen molar-refractivity contribution in [3.05, 3.63) is 69.2 Å². The van der Waals surface area contributed by atoms with Crippen molar-refractivity contribution in [2.75, 3.05) is 13.3 Å². The molecule has 31 heavy (non-hydrogen) atoms. The molecule has 162 valence electrons. The first kappa shape index (κ1) is 21.8. The number of nitrogens with zero attached hydrogens (tertiary/aromatic N) is 5. The summed E-state index contributed by atoms with van der Waals surface area (Å²) in [5.41, 5.74) is 2.04. The van der Waals surface area contributed by atoms with Crippen molar-refractivity contribution in [3.63, 3.8) is 0 Å². The van der Waals surface area contributed by atoms with E-state index >= 15 is 0 Å². The molecule has 2 aromatic carbocycles. The highest BCUT2D eigenvalue weighted by Gasteiger charge is 2.16. The van der Waals surface area contributed by atoms with Crippen LogP contribution in [0, 0.1) is 4.77 Å². The zero-order valence-electron chi connectivity index (χ0n) is 18.1. The normalized spacial score (nSPS) is 11.7. The quantitative estimate of drug-likeness (QED) is 0.284. The minimum Gasteiger partial charge on any atom is -0.283 e. The number of unbranched alkanes of at least 4 members (excludes halogenated alkanes) is 1. The van der Waals surface area contributed by atoms with Gasteiger partial charge in [0.1, 0.15) is 0 Å². The molecule has 0 N–H and O–H groups in total. The second-order valence-electron chi connectivity index (χ2n) is 7.75. The molecule has 0 saturated heterocycles. The first-order chi connectivity index (χ1) is 15.0. The van der Waals surface area contributed by atoms with Crippen LogP contribution in [0.5, 0.6) is 0 Å². The summed E-state index contributed by atoms with van der Waals surface area (Å²) in [7, 11) is 2.05. The van der Waals surface area contributed by atoms with E-state index in [-0.39, 0.29) is 5.56 Å².